The van der Waals surface area contributed by atoms with Crippen molar-refractivity contribution in [1.82, 2.24) is 10.2 Å². The summed E-state index contributed by atoms with van der Waals surface area (Å²) in [6, 6.07) is 0. The van der Waals surface area contributed by atoms with E-state index in [1.165, 1.54) is 0 Å². The Kier molecular flexibility index (Phi) is 6.02. The summed E-state index contributed by atoms with van der Waals surface area (Å²) < 4.78 is 0.942. The molecule has 0 spiro atoms. The summed E-state index contributed by atoms with van der Waals surface area (Å²) >= 11 is 3.20. The largest absolute Gasteiger partial charge is 0.480 e. The van der Waals surface area contributed by atoms with Crippen molar-refractivity contribution in [3.8, 4) is 0 Å². The highest BCUT2D eigenvalue weighted by atomic mass is 32.2. The Labute approximate surface area is 121 Å². The van der Waals surface area contributed by atoms with Crippen molar-refractivity contribution in [2.75, 3.05) is 24.7 Å². The monoisotopic (exact) mass is 304 g/mol. The summed E-state index contributed by atoms with van der Waals surface area (Å²) in [5.74, 6) is -0.0440. The molecule has 0 saturated carbocycles. The lowest BCUT2D eigenvalue weighted by molar-refractivity contribution is -0.142. The third-order valence-corrected chi connectivity index (χ3v) is 4.89. The molecule has 108 valence electrons. The lowest BCUT2D eigenvalue weighted by atomic mass is 9.97. The van der Waals surface area contributed by atoms with E-state index in [1.807, 2.05) is 19.0 Å². The zero-order chi connectivity index (χ0) is 14.5. The Morgan fingerprint density at radius 1 is 1.47 bits per heavy atom. The van der Waals surface area contributed by atoms with Gasteiger partial charge in [0.1, 0.15) is 5.54 Å². The number of thioether (sulfide) groups is 1. The van der Waals surface area contributed by atoms with Crippen LogP contribution in [-0.2, 0) is 4.79 Å². The van der Waals surface area contributed by atoms with Crippen LogP contribution in [0.5, 0.6) is 0 Å². The molecule has 0 saturated heterocycles. The van der Waals surface area contributed by atoms with E-state index in [4.69, 9.17) is 10.8 Å². The molecule has 1 heterocycles. The van der Waals surface area contributed by atoms with Gasteiger partial charge in [-0.2, -0.15) is 0 Å². The van der Waals surface area contributed by atoms with Crippen LogP contribution in [0.2, 0.25) is 0 Å². The SMILES string of the molecule is CN(C)c1nnc(SCCCCC(C)(N)C(=O)O)s1. The maximum Gasteiger partial charge on any atom is 0.323 e. The van der Waals surface area contributed by atoms with E-state index in [2.05, 4.69) is 10.2 Å². The van der Waals surface area contributed by atoms with Crippen molar-refractivity contribution >= 4 is 34.2 Å². The fraction of sp³-hybridized carbons (Fsp3) is 0.727. The van der Waals surface area contributed by atoms with Crippen LogP contribution >= 0.6 is 23.1 Å². The zero-order valence-electron chi connectivity index (χ0n) is 11.4. The third-order valence-electron chi connectivity index (χ3n) is 2.58. The van der Waals surface area contributed by atoms with E-state index in [1.54, 1.807) is 30.0 Å². The Morgan fingerprint density at radius 2 is 2.16 bits per heavy atom. The van der Waals surface area contributed by atoms with Crippen LogP contribution in [0, 0.1) is 0 Å². The van der Waals surface area contributed by atoms with Crippen LogP contribution in [0.3, 0.4) is 0 Å². The van der Waals surface area contributed by atoms with Crippen LogP contribution in [0.4, 0.5) is 5.13 Å². The average Bonchev–Trinajstić information content (AvgIpc) is 2.77. The first kappa shape index (κ1) is 16.2. The molecule has 0 aromatic carbocycles. The van der Waals surface area contributed by atoms with Gasteiger partial charge in [0.25, 0.3) is 0 Å². The maximum absolute atomic E-state index is 10.8. The van der Waals surface area contributed by atoms with Crippen LogP contribution in [0.25, 0.3) is 0 Å². The quantitative estimate of drug-likeness (QED) is 0.557. The fourth-order valence-corrected chi connectivity index (χ4v) is 3.14. The fourth-order valence-electron chi connectivity index (χ4n) is 1.30. The van der Waals surface area contributed by atoms with Gasteiger partial charge in [-0.3, -0.25) is 4.79 Å². The number of aliphatic carboxylic acids is 1. The Morgan fingerprint density at radius 3 is 2.68 bits per heavy atom. The molecule has 0 aliphatic rings. The summed E-state index contributed by atoms with van der Waals surface area (Å²) in [6.45, 7) is 1.55. The van der Waals surface area contributed by atoms with E-state index in [9.17, 15) is 4.79 Å². The van der Waals surface area contributed by atoms with Gasteiger partial charge < -0.3 is 15.7 Å². The van der Waals surface area contributed by atoms with Crippen LogP contribution in [-0.4, -0.2) is 46.7 Å². The van der Waals surface area contributed by atoms with Crippen molar-refractivity contribution < 1.29 is 9.90 Å². The number of carbonyl (C=O) groups is 1. The first-order valence-corrected chi connectivity index (χ1v) is 7.79. The number of aromatic nitrogens is 2. The molecule has 0 fully saturated rings. The summed E-state index contributed by atoms with van der Waals surface area (Å²) in [5, 5.41) is 17.9. The second-order valence-corrected chi connectivity index (χ2v) is 7.07. The van der Waals surface area contributed by atoms with E-state index < -0.39 is 11.5 Å². The molecule has 0 amide bonds. The number of hydrogen-bond donors (Lipinski definition) is 2. The first-order valence-electron chi connectivity index (χ1n) is 5.99. The normalized spacial score (nSPS) is 14.1. The number of anilines is 1. The second-order valence-electron chi connectivity index (χ2n) is 4.77. The number of carboxylic acid groups (broad SMARTS) is 1. The standard InChI is InChI=1S/C11H20N4O2S2/c1-11(12,8(16)17)6-4-5-7-18-10-14-13-9(19-10)15(2)3/h4-7,12H2,1-3H3,(H,16,17). The molecule has 19 heavy (non-hydrogen) atoms. The molecule has 1 aromatic heterocycles. The number of nitrogens with zero attached hydrogens (tertiary/aromatic N) is 3. The van der Waals surface area contributed by atoms with Crippen molar-refractivity contribution in [1.29, 1.82) is 0 Å². The van der Waals surface area contributed by atoms with Crippen LogP contribution in [0.1, 0.15) is 26.2 Å². The minimum Gasteiger partial charge on any atom is -0.480 e. The summed E-state index contributed by atoms with van der Waals surface area (Å²) in [6.07, 6.45) is 2.20. The molecule has 1 rings (SSSR count). The second kappa shape index (κ2) is 7.06. The van der Waals surface area contributed by atoms with Gasteiger partial charge in [0.05, 0.1) is 0 Å². The lowest BCUT2D eigenvalue weighted by Crippen LogP contribution is -2.44. The third kappa shape index (κ3) is 5.33. The zero-order valence-corrected chi connectivity index (χ0v) is 13.1. The van der Waals surface area contributed by atoms with Gasteiger partial charge >= 0.3 is 5.97 Å². The van der Waals surface area contributed by atoms with Gasteiger partial charge in [-0.1, -0.05) is 29.5 Å². The number of unbranched alkanes of at least 4 members (excludes halogenated alkanes) is 1. The summed E-state index contributed by atoms with van der Waals surface area (Å²) in [5.41, 5.74) is 4.54. The van der Waals surface area contributed by atoms with Crippen molar-refractivity contribution in [2.45, 2.75) is 36.1 Å². The van der Waals surface area contributed by atoms with E-state index in [0.29, 0.717) is 6.42 Å². The van der Waals surface area contributed by atoms with Crippen molar-refractivity contribution in [3.63, 3.8) is 0 Å². The molecular formula is C11H20N4O2S2. The Hall–Kier alpha value is -0.860. The number of carboxylic acids is 1. The summed E-state index contributed by atoms with van der Waals surface area (Å²) in [7, 11) is 3.87. The molecule has 3 N–H and O–H groups in total. The molecule has 8 heteroatoms. The molecule has 0 aliphatic heterocycles. The lowest BCUT2D eigenvalue weighted by Gasteiger charge is -2.18. The topological polar surface area (TPSA) is 92.3 Å². The Bertz CT molecular complexity index is 421. The van der Waals surface area contributed by atoms with Gasteiger partial charge in [-0.05, 0) is 19.8 Å². The van der Waals surface area contributed by atoms with Gasteiger partial charge in [0.15, 0.2) is 4.34 Å². The predicted octanol–water partition coefficient (Wildman–Crippen LogP) is 1.67. The van der Waals surface area contributed by atoms with E-state index in [-0.39, 0.29) is 0 Å². The van der Waals surface area contributed by atoms with Crippen LogP contribution < -0.4 is 10.6 Å². The molecule has 6 nitrogen and oxygen atoms in total. The molecule has 1 aromatic rings. The highest BCUT2D eigenvalue weighted by Gasteiger charge is 2.26. The molecule has 1 atom stereocenters. The van der Waals surface area contributed by atoms with Gasteiger partial charge in [0, 0.05) is 19.8 Å². The van der Waals surface area contributed by atoms with Crippen molar-refractivity contribution in [3.05, 3.63) is 0 Å². The molecule has 0 aliphatic carbocycles. The highest BCUT2D eigenvalue weighted by Crippen LogP contribution is 2.27. The average molecular weight is 304 g/mol. The number of nitrogens with two attached hydrogens (primary N) is 1. The predicted molar refractivity (Wildman–Crippen MR) is 79.0 cm³/mol. The first-order chi connectivity index (χ1) is 8.83. The maximum atomic E-state index is 10.8. The van der Waals surface area contributed by atoms with Crippen LogP contribution in [0.15, 0.2) is 4.34 Å². The summed E-state index contributed by atoms with van der Waals surface area (Å²) in [4.78, 5) is 12.7. The minimum atomic E-state index is -1.12. The van der Waals surface area contributed by atoms with Crippen molar-refractivity contribution in [2.24, 2.45) is 5.73 Å². The van der Waals surface area contributed by atoms with Gasteiger partial charge in [-0.15, -0.1) is 10.2 Å². The van der Waals surface area contributed by atoms with E-state index in [0.717, 1.165) is 28.1 Å². The molecule has 0 bridgehead atoms. The molecule has 1 unspecified atom stereocenters. The minimum absolute atomic E-state index is 0.488. The Balaban J connectivity index is 2.22. The number of hydrogen-bond acceptors (Lipinski definition) is 7. The van der Waals surface area contributed by atoms with Gasteiger partial charge in [-0.25, -0.2) is 0 Å². The van der Waals surface area contributed by atoms with Gasteiger partial charge in [0.2, 0.25) is 5.13 Å². The molecular weight excluding hydrogens is 284 g/mol. The smallest absolute Gasteiger partial charge is 0.323 e. The highest BCUT2D eigenvalue weighted by molar-refractivity contribution is 8.01. The number of rotatable bonds is 8. The molecule has 0 radical (unpaired) electrons. The van der Waals surface area contributed by atoms with E-state index >= 15 is 0 Å².